The smallest absolute Gasteiger partial charge is 0.216 e. The van der Waals surface area contributed by atoms with E-state index in [4.69, 9.17) is 0 Å². The number of carbonyl (C=O) groups is 1. The van der Waals surface area contributed by atoms with Crippen LogP contribution in [0.3, 0.4) is 0 Å². The van der Waals surface area contributed by atoms with E-state index in [9.17, 15) is 4.79 Å². The van der Waals surface area contributed by atoms with Crippen molar-refractivity contribution in [2.24, 2.45) is 0 Å². The zero-order valence-electron chi connectivity index (χ0n) is 9.65. The average Bonchev–Trinajstić information content (AvgIpc) is 2.07. The summed E-state index contributed by atoms with van der Waals surface area (Å²) >= 11 is 0. The lowest BCUT2D eigenvalue weighted by Crippen LogP contribution is -2.20. The van der Waals surface area contributed by atoms with Crippen molar-refractivity contribution in [1.82, 2.24) is 5.32 Å². The predicted octanol–water partition coefficient (Wildman–Crippen LogP) is 4.39. The van der Waals surface area contributed by atoms with Gasteiger partial charge in [0.2, 0.25) is 5.91 Å². The first kappa shape index (κ1) is 24.0. The third-order valence-electron chi connectivity index (χ3n) is 1.61. The number of carbonyl (C=O) groups excluding carboxylic acids is 1. The van der Waals surface area contributed by atoms with Gasteiger partial charge in [-0.1, -0.05) is 61.3 Å². The Kier molecular flexibility index (Phi) is 37.3. The molecule has 0 aliphatic rings. The van der Waals surface area contributed by atoms with E-state index in [0.29, 0.717) is 0 Å². The highest BCUT2D eigenvalue weighted by atomic mass is 16.1. The summed E-state index contributed by atoms with van der Waals surface area (Å²) in [5, 5.41) is 2.71. The second-order valence-electron chi connectivity index (χ2n) is 3.19. The van der Waals surface area contributed by atoms with Crippen LogP contribution in [0.25, 0.3) is 0 Å². The van der Waals surface area contributed by atoms with Gasteiger partial charge in [-0.2, -0.15) is 0 Å². The molecule has 0 saturated heterocycles. The molecule has 0 aromatic heterocycles. The van der Waals surface area contributed by atoms with Gasteiger partial charge in [0, 0.05) is 13.5 Å². The lowest BCUT2D eigenvalue weighted by Gasteiger charge is -1.96. The summed E-state index contributed by atoms with van der Waals surface area (Å²) in [6.07, 6.45) is 6.30. The van der Waals surface area contributed by atoms with E-state index in [1.54, 1.807) is 0 Å². The second kappa shape index (κ2) is 23.4. The van der Waals surface area contributed by atoms with Gasteiger partial charge in [-0.3, -0.25) is 4.79 Å². The van der Waals surface area contributed by atoms with Crippen LogP contribution in [0.4, 0.5) is 0 Å². The van der Waals surface area contributed by atoms with Crippen molar-refractivity contribution in [1.29, 1.82) is 0 Å². The average molecular weight is 219 g/mol. The summed E-state index contributed by atoms with van der Waals surface area (Å²) in [5.74, 6) is 0.0680. The third kappa shape index (κ3) is 42.3. The number of rotatable bonds is 5. The van der Waals surface area contributed by atoms with Gasteiger partial charge in [-0.25, -0.2) is 0 Å². The van der Waals surface area contributed by atoms with E-state index in [0.717, 1.165) is 19.4 Å². The second-order valence-corrected chi connectivity index (χ2v) is 3.19. The van der Waals surface area contributed by atoms with Crippen LogP contribution in [0.5, 0.6) is 0 Å². The molecule has 0 aromatic rings. The topological polar surface area (TPSA) is 29.1 Å². The Morgan fingerprint density at radius 2 is 1.33 bits per heavy atom. The molecule has 0 aliphatic heterocycles. The number of hydrogen-bond acceptors (Lipinski definition) is 1. The minimum absolute atomic E-state index is 0. The molecule has 0 radical (unpaired) electrons. The van der Waals surface area contributed by atoms with E-state index in [1.165, 1.54) is 26.2 Å². The van der Waals surface area contributed by atoms with Gasteiger partial charge in [0.05, 0.1) is 0 Å². The van der Waals surface area contributed by atoms with Crippen LogP contribution < -0.4 is 5.32 Å². The molecule has 2 nitrogen and oxygen atoms in total. The number of hydrogen-bond donors (Lipinski definition) is 1. The van der Waals surface area contributed by atoms with Crippen molar-refractivity contribution in [3.05, 3.63) is 0 Å². The Balaban J connectivity index is -0.0000000770. The highest BCUT2D eigenvalue weighted by Crippen LogP contribution is 1.88. The Labute approximate surface area is 97.8 Å². The van der Waals surface area contributed by atoms with Crippen LogP contribution in [0.1, 0.15) is 74.7 Å². The van der Waals surface area contributed by atoms with Crippen LogP contribution in [-0.2, 0) is 4.79 Å². The summed E-state index contributed by atoms with van der Waals surface area (Å²) in [6, 6.07) is 0. The Morgan fingerprint density at radius 3 is 1.53 bits per heavy atom. The zero-order chi connectivity index (χ0) is 10.5. The van der Waals surface area contributed by atoms with Crippen molar-refractivity contribution < 1.29 is 4.79 Å². The molecule has 0 heterocycles. The van der Waals surface area contributed by atoms with Crippen LogP contribution >= 0.6 is 0 Å². The fourth-order valence-electron chi connectivity index (χ4n) is 0.795. The van der Waals surface area contributed by atoms with Gasteiger partial charge < -0.3 is 5.32 Å². The maximum Gasteiger partial charge on any atom is 0.216 e. The molecule has 0 fully saturated rings. The van der Waals surface area contributed by atoms with E-state index >= 15 is 0 Å². The molecule has 0 rings (SSSR count). The maximum atomic E-state index is 10.2. The quantitative estimate of drug-likeness (QED) is 0.683. The summed E-state index contributed by atoms with van der Waals surface area (Å²) in [4.78, 5) is 10.2. The van der Waals surface area contributed by atoms with Crippen LogP contribution in [0, 0.1) is 0 Å². The fraction of sp³-hybridized carbons (Fsp3) is 0.923. The Bertz CT molecular complexity index is 101. The largest absolute Gasteiger partial charge is 0.356 e. The zero-order valence-corrected chi connectivity index (χ0v) is 9.65. The molecule has 0 unspecified atom stereocenters. The third-order valence-corrected chi connectivity index (χ3v) is 1.61. The maximum absolute atomic E-state index is 10.2. The first-order chi connectivity index (χ1) is 6.18. The molecular weight excluding hydrogens is 186 g/mol. The van der Waals surface area contributed by atoms with E-state index in [-0.39, 0.29) is 20.8 Å². The number of unbranched alkanes of at least 4 members (excludes halogenated alkanes) is 3. The molecule has 1 N–H and O–H groups in total. The molecule has 2 heteroatoms. The van der Waals surface area contributed by atoms with Crippen LogP contribution in [0.15, 0.2) is 0 Å². The van der Waals surface area contributed by atoms with Gasteiger partial charge in [-0.05, 0) is 6.42 Å². The minimum atomic E-state index is 0. The number of amides is 1. The normalized spacial score (nSPS) is 7.47. The van der Waals surface area contributed by atoms with Crippen molar-refractivity contribution in [3.8, 4) is 0 Å². The van der Waals surface area contributed by atoms with Gasteiger partial charge in [0.25, 0.3) is 0 Å². The first-order valence-electron chi connectivity index (χ1n) is 5.43. The van der Waals surface area contributed by atoms with Gasteiger partial charge in [0.15, 0.2) is 0 Å². The Morgan fingerprint density at radius 1 is 0.933 bits per heavy atom. The molecule has 0 atom stereocenters. The molecule has 1 amide bonds. The molecule has 0 aliphatic carbocycles. The summed E-state index contributed by atoms with van der Waals surface area (Å²) in [5.41, 5.74) is 0. The molecule has 0 aromatic carbocycles. The summed E-state index contributed by atoms with van der Waals surface area (Å²) < 4.78 is 0. The van der Waals surface area contributed by atoms with Gasteiger partial charge >= 0.3 is 0 Å². The fourth-order valence-corrected chi connectivity index (χ4v) is 0.795. The molecule has 96 valence electrons. The lowest BCUT2D eigenvalue weighted by molar-refractivity contribution is -0.118. The monoisotopic (exact) mass is 219 g/mol. The predicted molar refractivity (Wildman–Crippen MR) is 72.3 cm³/mol. The molecular formula is C13H33NO. The van der Waals surface area contributed by atoms with E-state index in [1.807, 2.05) is 0 Å². The summed E-state index contributed by atoms with van der Waals surface area (Å²) in [6.45, 7) is 8.89. The lowest BCUT2D eigenvalue weighted by atomic mass is 10.3. The van der Waals surface area contributed by atoms with Crippen molar-refractivity contribution in [3.63, 3.8) is 0 Å². The van der Waals surface area contributed by atoms with Crippen LogP contribution in [-0.4, -0.2) is 12.5 Å². The summed E-state index contributed by atoms with van der Waals surface area (Å²) in [7, 11) is 0. The molecule has 0 spiro atoms. The minimum Gasteiger partial charge on any atom is -0.356 e. The van der Waals surface area contributed by atoms with Gasteiger partial charge in [-0.15, -0.1) is 0 Å². The molecule has 0 bridgehead atoms. The SMILES string of the molecule is C.C.CCCCC.CCCCNC(C)=O. The van der Waals surface area contributed by atoms with Crippen molar-refractivity contribution >= 4 is 5.91 Å². The first-order valence-corrected chi connectivity index (χ1v) is 5.43. The van der Waals surface area contributed by atoms with Crippen molar-refractivity contribution in [2.75, 3.05) is 6.54 Å². The Hall–Kier alpha value is -0.530. The standard InChI is InChI=1S/C6H13NO.C5H12.2CH4/c1-3-4-5-7-6(2)8;1-3-5-4-2;;/h3-5H2,1-2H3,(H,7,8);3-5H2,1-2H3;2*1H4. The molecule has 15 heavy (non-hydrogen) atoms. The number of nitrogens with one attached hydrogen (secondary N) is 1. The van der Waals surface area contributed by atoms with E-state index in [2.05, 4.69) is 26.1 Å². The molecule has 0 saturated carbocycles. The van der Waals surface area contributed by atoms with Crippen molar-refractivity contribution in [2.45, 2.75) is 74.7 Å². The van der Waals surface area contributed by atoms with Gasteiger partial charge in [0.1, 0.15) is 0 Å². The van der Waals surface area contributed by atoms with E-state index < -0.39 is 0 Å². The van der Waals surface area contributed by atoms with Crippen LogP contribution in [0.2, 0.25) is 0 Å². The highest BCUT2D eigenvalue weighted by Gasteiger charge is 1.85. The highest BCUT2D eigenvalue weighted by molar-refractivity contribution is 5.72.